The Bertz CT molecular complexity index is 554. The van der Waals surface area contributed by atoms with E-state index >= 15 is 0 Å². The van der Waals surface area contributed by atoms with Gasteiger partial charge in [-0.3, -0.25) is 4.79 Å². The summed E-state index contributed by atoms with van der Waals surface area (Å²) in [5.41, 5.74) is 3.34. The molecule has 5 heteroatoms. The number of aryl methyl sites for hydroxylation is 1. The smallest absolute Gasteiger partial charge is 0.153 e. The lowest BCUT2D eigenvalue weighted by atomic mass is 10.2. The number of rotatable bonds is 5. The number of thiazole rings is 1. The van der Waals surface area contributed by atoms with Crippen molar-refractivity contribution in [2.24, 2.45) is 0 Å². The van der Waals surface area contributed by atoms with Crippen LogP contribution in [0.3, 0.4) is 0 Å². The van der Waals surface area contributed by atoms with E-state index in [1.807, 2.05) is 12.4 Å². The molecule has 1 aromatic heterocycles. The van der Waals surface area contributed by atoms with Crippen molar-refractivity contribution < 1.29 is 9.53 Å². The second-order valence-electron chi connectivity index (χ2n) is 3.76. The third kappa shape index (κ3) is 3.09. The van der Waals surface area contributed by atoms with Crippen molar-refractivity contribution in [1.82, 2.24) is 4.98 Å². The van der Waals surface area contributed by atoms with Gasteiger partial charge in [-0.15, -0.1) is 11.3 Å². The summed E-state index contributed by atoms with van der Waals surface area (Å²) in [6.07, 6.45) is 1.54. The van der Waals surface area contributed by atoms with Crippen LogP contribution in [0.2, 0.25) is 5.02 Å². The molecule has 0 aliphatic carbocycles. The van der Waals surface area contributed by atoms with E-state index < -0.39 is 0 Å². The number of hydrogen-bond donors (Lipinski definition) is 0. The first-order valence-corrected chi connectivity index (χ1v) is 6.73. The average molecular weight is 282 g/mol. The Balaban J connectivity index is 1.98. The topological polar surface area (TPSA) is 39.2 Å². The summed E-state index contributed by atoms with van der Waals surface area (Å²) >= 11 is 7.43. The zero-order valence-corrected chi connectivity index (χ0v) is 11.4. The highest BCUT2D eigenvalue weighted by molar-refractivity contribution is 7.09. The van der Waals surface area contributed by atoms with Crippen LogP contribution in [0.5, 0.6) is 5.75 Å². The maximum Gasteiger partial charge on any atom is 0.153 e. The molecule has 0 saturated heterocycles. The maximum atomic E-state index is 10.9. The molecule has 0 atom stereocenters. The first kappa shape index (κ1) is 13.1. The van der Waals surface area contributed by atoms with Crippen LogP contribution in [0, 0.1) is 6.92 Å². The molecule has 0 spiro atoms. The van der Waals surface area contributed by atoms with Gasteiger partial charge in [-0.1, -0.05) is 11.6 Å². The van der Waals surface area contributed by atoms with E-state index in [0.717, 1.165) is 18.4 Å². The summed E-state index contributed by atoms with van der Waals surface area (Å²) in [4.78, 5) is 16.3. The van der Waals surface area contributed by atoms with Crippen molar-refractivity contribution in [2.75, 3.05) is 6.61 Å². The molecule has 2 rings (SSSR count). The molecule has 0 aliphatic heterocycles. The lowest BCUT2D eigenvalue weighted by Gasteiger charge is -2.08. The van der Waals surface area contributed by atoms with Crippen LogP contribution in [-0.2, 0) is 6.42 Å². The molecular formula is C13H12ClNO2S. The molecule has 1 aromatic carbocycles. The molecule has 0 amide bonds. The molecule has 0 unspecified atom stereocenters. The Kier molecular flexibility index (Phi) is 4.33. The second-order valence-corrected chi connectivity index (χ2v) is 5.14. The van der Waals surface area contributed by atoms with Gasteiger partial charge in [-0.25, -0.2) is 4.98 Å². The Hall–Kier alpha value is -1.39. The van der Waals surface area contributed by atoms with Crippen LogP contribution in [-0.4, -0.2) is 17.9 Å². The molecule has 0 bridgehead atoms. The van der Waals surface area contributed by atoms with Gasteiger partial charge >= 0.3 is 0 Å². The Labute approximate surface area is 114 Å². The van der Waals surface area contributed by atoms with Gasteiger partial charge in [0.05, 0.1) is 23.4 Å². The van der Waals surface area contributed by atoms with E-state index in [9.17, 15) is 4.79 Å². The minimum Gasteiger partial charge on any atom is -0.492 e. The number of benzene rings is 1. The summed E-state index contributed by atoms with van der Waals surface area (Å²) in [5.74, 6) is 0.566. The summed E-state index contributed by atoms with van der Waals surface area (Å²) in [7, 11) is 0. The van der Waals surface area contributed by atoms with Crippen molar-refractivity contribution in [1.29, 1.82) is 0 Å². The minimum atomic E-state index is 0.475. The van der Waals surface area contributed by atoms with Gasteiger partial charge in [0.25, 0.3) is 0 Å². The van der Waals surface area contributed by atoms with Crippen LogP contribution in [0.4, 0.5) is 0 Å². The Morgan fingerprint density at radius 3 is 3.00 bits per heavy atom. The van der Waals surface area contributed by atoms with Crippen molar-refractivity contribution in [3.8, 4) is 5.75 Å². The highest BCUT2D eigenvalue weighted by Crippen LogP contribution is 2.22. The number of hydrogen-bond acceptors (Lipinski definition) is 4. The quantitative estimate of drug-likeness (QED) is 0.787. The van der Waals surface area contributed by atoms with Gasteiger partial charge in [0.1, 0.15) is 5.75 Å². The number of aromatic nitrogens is 1. The monoisotopic (exact) mass is 281 g/mol. The lowest BCUT2D eigenvalue weighted by Crippen LogP contribution is -2.03. The van der Waals surface area contributed by atoms with E-state index in [-0.39, 0.29) is 0 Å². The molecule has 3 nitrogen and oxygen atoms in total. The summed E-state index contributed by atoms with van der Waals surface area (Å²) in [6, 6.07) is 5.02. The van der Waals surface area contributed by atoms with Crippen molar-refractivity contribution in [3.63, 3.8) is 0 Å². The number of ether oxygens (including phenoxy) is 1. The van der Waals surface area contributed by atoms with Gasteiger partial charge in [0.2, 0.25) is 0 Å². The largest absolute Gasteiger partial charge is 0.492 e. The van der Waals surface area contributed by atoms with Crippen molar-refractivity contribution in [2.45, 2.75) is 13.3 Å². The molecule has 2 aromatic rings. The van der Waals surface area contributed by atoms with E-state index in [0.29, 0.717) is 22.9 Å². The van der Waals surface area contributed by atoms with Crippen molar-refractivity contribution >= 4 is 29.2 Å². The molecule has 18 heavy (non-hydrogen) atoms. The fourth-order valence-corrected chi connectivity index (χ4v) is 2.51. The number of aldehydes is 1. The molecule has 0 saturated carbocycles. The van der Waals surface area contributed by atoms with Gasteiger partial charge in [-0.2, -0.15) is 0 Å². The molecule has 0 radical (unpaired) electrons. The lowest BCUT2D eigenvalue weighted by molar-refractivity contribution is 0.111. The molecular weight excluding hydrogens is 270 g/mol. The number of nitrogens with zero attached hydrogens (tertiary/aromatic N) is 1. The van der Waals surface area contributed by atoms with E-state index in [4.69, 9.17) is 16.3 Å². The Morgan fingerprint density at radius 2 is 2.33 bits per heavy atom. The average Bonchev–Trinajstić information content (AvgIpc) is 2.77. The highest BCUT2D eigenvalue weighted by atomic mass is 35.5. The fourth-order valence-electron chi connectivity index (χ4n) is 1.56. The molecule has 0 fully saturated rings. The predicted molar refractivity (Wildman–Crippen MR) is 72.9 cm³/mol. The number of carbonyl (C=O) groups is 1. The van der Waals surface area contributed by atoms with Crippen LogP contribution in [0.15, 0.2) is 23.7 Å². The zero-order chi connectivity index (χ0) is 13.0. The van der Waals surface area contributed by atoms with Gasteiger partial charge < -0.3 is 4.74 Å². The van der Waals surface area contributed by atoms with Crippen LogP contribution < -0.4 is 4.74 Å². The van der Waals surface area contributed by atoms with E-state index in [1.54, 1.807) is 29.5 Å². The van der Waals surface area contributed by atoms with Crippen LogP contribution in [0.1, 0.15) is 20.9 Å². The maximum absolute atomic E-state index is 10.9. The highest BCUT2D eigenvalue weighted by Gasteiger charge is 2.05. The summed E-state index contributed by atoms with van der Waals surface area (Å²) in [5, 5.41) is 0.530. The summed E-state index contributed by atoms with van der Waals surface area (Å²) in [6.45, 7) is 2.50. The molecule has 1 heterocycles. The van der Waals surface area contributed by atoms with Gasteiger partial charge in [-0.05, 0) is 25.1 Å². The third-order valence-corrected chi connectivity index (χ3v) is 3.76. The second kappa shape index (κ2) is 5.98. The normalized spacial score (nSPS) is 10.3. The van der Waals surface area contributed by atoms with E-state index in [2.05, 4.69) is 4.98 Å². The van der Waals surface area contributed by atoms with Crippen molar-refractivity contribution in [3.05, 3.63) is 44.9 Å². The van der Waals surface area contributed by atoms with E-state index in [1.165, 1.54) is 4.88 Å². The first-order chi connectivity index (χ1) is 8.70. The molecule has 94 valence electrons. The predicted octanol–water partition coefficient (Wildman–Crippen LogP) is 3.54. The summed E-state index contributed by atoms with van der Waals surface area (Å²) < 4.78 is 5.60. The third-order valence-electron chi connectivity index (χ3n) is 2.53. The molecule has 0 aliphatic rings. The fraction of sp³-hybridized carbons (Fsp3) is 0.231. The number of carbonyl (C=O) groups excluding carboxylic acids is 1. The standard InChI is InChI=1S/C13H12ClNO2S/c1-9-13(18-8-15-9)4-5-17-12-3-2-11(14)6-10(12)7-16/h2-3,6-8H,4-5H2,1H3. The Morgan fingerprint density at radius 1 is 1.50 bits per heavy atom. The van der Waals surface area contributed by atoms with Gasteiger partial charge in [0.15, 0.2) is 6.29 Å². The molecule has 0 N–H and O–H groups in total. The van der Waals surface area contributed by atoms with Crippen LogP contribution in [0.25, 0.3) is 0 Å². The van der Waals surface area contributed by atoms with Crippen LogP contribution >= 0.6 is 22.9 Å². The SMILES string of the molecule is Cc1ncsc1CCOc1ccc(Cl)cc1C=O. The van der Waals surface area contributed by atoms with Gasteiger partial charge in [0, 0.05) is 16.3 Å². The zero-order valence-electron chi connectivity index (χ0n) is 9.85. The number of halogens is 1. The minimum absolute atomic E-state index is 0.475. The first-order valence-electron chi connectivity index (χ1n) is 5.47.